The van der Waals surface area contributed by atoms with Crippen LogP contribution in [0.2, 0.25) is 0 Å². The Hall–Kier alpha value is -2.96. The van der Waals surface area contributed by atoms with Gasteiger partial charge in [-0.1, -0.05) is 6.07 Å². The number of likely N-dealkylation sites (tertiary alicyclic amines) is 1. The lowest BCUT2D eigenvalue weighted by Crippen LogP contribution is -2.28. The van der Waals surface area contributed by atoms with Crippen molar-refractivity contribution in [2.24, 2.45) is 5.92 Å². The topological polar surface area (TPSA) is 78.4 Å². The molecule has 1 unspecified atom stereocenters. The van der Waals surface area contributed by atoms with Gasteiger partial charge >= 0.3 is 0 Å². The third-order valence-electron chi connectivity index (χ3n) is 4.14. The predicted octanol–water partition coefficient (Wildman–Crippen LogP) is 1.53. The van der Waals surface area contributed by atoms with Gasteiger partial charge in [0.2, 0.25) is 11.8 Å². The van der Waals surface area contributed by atoms with Gasteiger partial charge in [-0.2, -0.15) is 0 Å². The van der Waals surface area contributed by atoms with Crippen molar-refractivity contribution < 1.29 is 9.59 Å². The molecule has 130 valence electrons. The number of carbonyl (C=O) groups excluding carboxylic acids is 2. The molecule has 1 saturated heterocycles. The number of anilines is 2. The fraction of sp³-hybridized carbons (Fsp3) is 0.333. The van der Waals surface area contributed by atoms with Crippen LogP contribution in [-0.4, -0.2) is 47.3 Å². The molecule has 0 bridgehead atoms. The fourth-order valence-corrected chi connectivity index (χ4v) is 2.76. The zero-order chi connectivity index (χ0) is 17.8. The van der Waals surface area contributed by atoms with E-state index in [1.54, 1.807) is 17.3 Å². The SMILES string of the molecule is CN(C)c1ccc(NC(=O)C2CC(=O)N(Cc3ccccn3)C2)cn1. The van der Waals surface area contributed by atoms with Crippen LogP contribution in [0.15, 0.2) is 42.7 Å². The number of nitrogens with one attached hydrogen (secondary N) is 1. The van der Waals surface area contributed by atoms with E-state index < -0.39 is 0 Å². The second-order valence-electron chi connectivity index (χ2n) is 6.29. The smallest absolute Gasteiger partial charge is 0.229 e. The molecule has 3 rings (SSSR count). The third kappa shape index (κ3) is 4.12. The summed E-state index contributed by atoms with van der Waals surface area (Å²) in [7, 11) is 3.81. The summed E-state index contributed by atoms with van der Waals surface area (Å²) in [6, 6.07) is 9.24. The van der Waals surface area contributed by atoms with Gasteiger partial charge in [-0.05, 0) is 24.3 Å². The minimum absolute atomic E-state index is 0.0214. The maximum atomic E-state index is 12.4. The number of aromatic nitrogens is 2. The lowest BCUT2D eigenvalue weighted by Gasteiger charge is -2.16. The Bertz CT molecular complexity index is 746. The standard InChI is InChI=1S/C18H21N5O2/c1-22(2)16-7-6-14(10-20-16)21-18(25)13-9-17(24)23(11-13)12-15-5-3-4-8-19-15/h3-8,10,13H,9,11-12H2,1-2H3,(H,21,25). The monoisotopic (exact) mass is 339 g/mol. The Morgan fingerprint density at radius 1 is 1.28 bits per heavy atom. The first-order valence-corrected chi connectivity index (χ1v) is 8.15. The van der Waals surface area contributed by atoms with Crippen molar-refractivity contribution in [1.29, 1.82) is 0 Å². The summed E-state index contributed by atoms with van der Waals surface area (Å²) in [5.41, 5.74) is 1.45. The van der Waals surface area contributed by atoms with E-state index in [-0.39, 0.29) is 24.2 Å². The van der Waals surface area contributed by atoms with Gasteiger partial charge in [0.25, 0.3) is 0 Å². The summed E-state index contributed by atoms with van der Waals surface area (Å²) in [4.78, 5) is 36.7. The van der Waals surface area contributed by atoms with E-state index in [0.29, 0.717) is 18.8 Å². The Morgan fingerprint density at radius 3 is 2.76 bits per heavy atom. The molecule has 25 heavy (non-hydrogen) atoms. The molecule has 3 heterocycles. The summed E-state index contributed by atoms with van der Waals surface area (Å²) in [6.45, 7) is 0.840. The summed E-state index contributed by atoms with van der Waals surface area (Å²) in [6.07, 6.45) is 3.54. The molecule has 0 aliphatic carbocycles. The molecule has 1 aliphatic rings. The molecule has 7 heteroatoms. The minimum atomic E-state index is -0.357. The van der Waals surface area contributed by atoms with Crippen LogP contribution in [0.1, 0.15) is 12.1 Å². The highest BCUT2D eigenvalue weighted by Gasteiger charge is 2.34. The molecule has 1 fully saturated rings. The highest BCUT2D eigenvalue weighted by molar-refractivity contribution is 5.97. The van der Waals surface area contributed by atoms with Crippen molar-refractivity contribution >= 4 is 23.3 Å². The van der Waals surface area contributed by atoms with E-state index in [2.05, 4.69) is 15.3 Å². The number of nitrogens with zero attached hydrogens (tertiary/aromatic N) is 4. The molecule has 1 N–H and O–H groups in total. The van der Waals surface area contributed by atoms with E-state index in [4.69, 9.17) is 0 Å². The highest BCUT2D eigenvalue weighted by Crippen LogP contribution is 2.21. The van der Waals surface area contributed by atoms with E-state index in [0.717, 1.165) is 11.5 Å². The summed E-state index contributed by atoms with van der Waals surface area (Å²) >= 11 is 0. The number of amides is 2. The van der Waals surface area contributed by atoms with Crippen LogP contribution in [0, 0.1) is 5.92 Å². The molecule has 1 aliphatic heterocycles. The van der Waals surface area contributed by atoms with Gasteiger partial charge in [-0.3, -0.25) is 14.6 Å². The first-order valence-electron chi connectivity index (χ1n) is 8.15. The van der Waals surface area contributed by atoms with Crippen LogP contribution in [-0.2, 0) is 16.1 Å². The minimum Gasteiger partial charge on any atom is -0.363 e. The second kappa shape index (κ2) is 7.29. The van der Waals surface area contributed by atoms with Gasteiger partial charge in [-0.15, -0.1) is 0 Å². The Kier molecular flexibility index (Phi) is 4.92. The normalized spacial score (nSPS) is 16.8. The number of pyridine rings is 2. The van der Waals surface area contributed by atoms with Crippen LogP contribution in [0.3, 0.4) is 0 Å². The number of rotatable bonds is 5. The molecule has 7 nitrogen and oxygen atoms in total. The molecule has 2 aromatic heterocycles. The van der Waals surface area contributed by atoms with Gasteiger partial charge in [0.15, 0.2) is 0 Å². The number of hydrogen-bond donors (Lipinski definition) is 1. The van der Waals surface area contributed by atoms with E-state index in [9.17, 15) is 9.59 Å². The molecular formula is C18H21N5O2. The highest BCUT2D eigenvalue weighted by atomic mass is 16.2. The first kappa shape index (κ1) is 16.9. The Balaban J connectivity index is 1.58. The summed E-state index contributed by atoms with van der Waals surface area (Å²) < 4.78 is 0. The van der Waals surface area contributed by atoms with Crippen LogP contribution < -0.4 is 10.2 Å². The fourth-order valence-electron chi connectivity index (χ4n) is 2.76. The van der Waals surface area contributed by atoms with E-state index in [1.807, 2.05) is 49.3 Å². The largest absolute Gasteiger partial charge is 0.363 e. The van der Waals surface area contributed by atoms with Gasteiger partial charge < -0.3 is 15.1 Å². The van der Waals surface area contributed by atoms with Crippen molar-refractivity contribution in [2.75, 3.05) is 30.9 Å². The third-order valence-corrected chi connectivity index (χ3v) is 4.14. The molecule has 1 atom stereocenters. The van der Waals surface area contributed by atoms with Crippen molar-refractivity contribution in [3.63, 3.8) is 0 Å². The summed E-state index contributed by atoms with van der Waals surface area (Å²) in [5, 5.41) is 2.84. The van der Waals surface area contributed by atoms with E-state index in [1.165, 1.54) is 0 Å². The van der Waals surface area contributed by atoms with Crippen molar-refractivity contribution in [3.05, 3.63) is 48.4 Å². The van der Waals surface area contributed by atoms with Crippen LogP contribution in [0.25, 0.3) is 0 Å². The van der Waals surface area contributed by atoms with Crippen molar-refractivity contribution in [1.82, 2.24) is 14.9 Å². The zero-order valence-corrected chi connectivity index (χ0v) is 14.3. The van der Waals surface area contributed by atoms with Gasteiger partial charge in [0, 0.05) is 33.3 Å². The lowest BCUT2D eigenvalue weighted by molar-refractivity contribution is -0.128. The maximum Gasteiger partial charge on any atom is 0.229 e. The molecular weight excluding hydrogens is 318 g/mol. The molecule has 2 amide bonds. The lowest BCUT2D eigenvalue weighted by atomic mass is 10.1. The quantitative estimate of drug-likeness (QED) is 0.894. The van der Waals surface area contributed by atoms with Gasteiger partial charge in [-0.25, -0.2) is 4.98 Å². The average Bonchev–Trinajstić information content (AvgIpc) is 2.97. The molecule has 0 aromatic carbocycles. The number of hydrogen-bond acceptors (Lipinski definition) is 5. The Labute approximate surface area is 146 Å². The average molecular weight is 339 g/mol. The molecule has 0 spiro atoms. The first-order chi connectivity index (χ1) is 12.0. The second-order valence-corrected chi connectivity index (χ2v) is 6.29. The Morgan fingerprint density at radius 2 is 2.12 bits per heavy atom. The van der Waals surface area contributed by atoms with Crippen LogP contribution >= 0.6 is 0 Å². The van der Waals surface area contributed by atoms with Gasteiger partial charge in [0.1, 0.15) is 5.82 Å². The predicted molar refractivity (Wildman–Crippen MR) is 95.0 cm³/mol. The number of carbonyl (C=O) groups is 2. The van der Waals surface area contributed by atoms with E-state index >= 15 is 0 Å². The van der Waals surface area contributed by atoms with Crippen LogP contribution in [0.4, 0.5) is 11.5 Å². The van der Waals surface area contributed by atoms with Gasteiger partial charge in [0.05, 0.1) is 30.0 Å². The van der Waals surface area contributed by atoms with Crippen LogP contribution in [0.5, 0.6) is 0 Å². The molecule has 0 radical (unpaired) electrons. The zero-order valence-electron chi connectivity index (χ0n) is 14.3. The molecule has 0 saturated carbocycles. The summed E-state index contributed by atoms with van der Waals surface area (Å²) in [5.74, 6) is 0.281. The van der Waals surface area contributed by atoms with Crippen molar-refractivity contribution in [3.8, 4) is 0 Å². The molecule has 2 aromatic rings. The maximum absolute atomic E-state index is 12.4. The van der Waals surface area contributed by atoms with Crippen molar-refractivity contribution in [2.45, 2.75) is 13.0 Å².